The maximum absolute atomic E-state index is 6.04. The normalized spacial score (nSPS) is 13.5. The van der Waals surface area contributed by atoms with Crippen LogP contribution in [0.25, 0.3) is 10.9 Å². The maximum Gasteiger partial charge on any atom is 0.0741 e. The lowest BCUT2D eigenvalue weighted by atomic mass is 9.93. The Morgan fingerprint density at radius 3 is 2.63 bits per heavy atom. The van der Waals surface area contributed by atoms with Crippen LogP contribution in [0.4, 0.5) is 5.69 Å². The van der Waals surface area contributed by atoms with Crippen LogP contribution in [0.1, 0.15) is 37.9 Å². The van der Waals surface area contributed by atoms with Gasteiger partial charge in [0.1, 0.15) is 0 Å². The van der Waals surface area contributed by atoms with E-state index in [4.69, 9.17) is 16.6 Å². The molecule has 1 aliphatic rings. The van der Waals surface area contributed by atoms with Crippen molar-refractivity contribution in [2.75, 3.05) is 12.4 Å². The number of anilines is 1. The summed E-state index contributed by atoms with van der Waals surface area (Å²) in [4.78, 5) is 4.76. The number of rotatable bonds is 1. The minimum atomic E-state index is 0.753. The lowest BCUT2D eigenvalue weighted by Gasteiger charge is -2.20. The molecule has 1 aromatic carbocycles. The van der Waals surface area contributed by atoms with Crippen molar-refractivity contribution < 1.29 is 0 Å². The van der Waals surface area contributed by atoms with Crippen LogP contribution in [-0.4, -0.2) is 12.0 Å². The van der Waals surface area contributed by atoms with Gasteiger partial charge in [0.2, 0.25) is 0 Å². The van der Waals surface area contributed by atoms with Gasteiger partial charge in [0.05, 0.1) is 5.52 Å². The molecule has 1 heterocycles. The zero-order valence-electron chi connectivity index (χ0n) is 11.9. The van der Waals surface area contributed by atoms with E-state index >= 15 is 0 Å². The average molecular weight is 277 g/mol. The van der Waals surface area contributed by atoms with Crippen molar-refractivity contribution in [1.29, 1.82) is 0 Å². The second-order valence-electron chi connectivity index (χ2n) is 4.53. The van der Waals surface area contributed by atoms with E-state index in [0.717, 1.165) is 23.4 Å². The fraction of sp³-hybridized carbons (Fsp3) is 0.438. The lowest BCUT2D eigenvalue weighted by molar-refractivity contribution is 0.672. The van der Waals surface area contributed by atoms with Crippen molar-refractivity contribution in [1.82, 2.24) is 4.98 Å². The van der Waals surface area contributed by atoms with Gasteiger partial charge in [0, 0.05) is 28.8 Å². The third-order valence-corrected chi connectivity index (χ3v) is 3.71. The molecule has 0 atom stereocenters. The van der Waals surface area contributed by atoms with Gasteiger partial charge >= 0.3 is 0 Å². The first kappa shape index (κ1) is 14.1. The summed E-state index contributed by atoms with van der Waals surface area (Å²) in [7, 11) is 1.98. The molecule has 0 saturated carbocycles. The molecule has 3 heteroatoms. The fourth-order valence-corrected chi connectivity index (χ4v) is 2.85. The van der Waals surface area contributed by atoms with Gasteiger partial charge in [0.25, 0.3) is 0 Å². The molecule has 0 bridgehead atoms. The third-order valence-electron chi connectivity index (χ3n) is 3.48. The van der Waals surface area contributed by atoms with Crippen molar-refractivity contribution in [2.24, 2.45) is 0 Å². The number of aromatic nitrogens is 1. The summed E-state index contributed by atoms with van der Waals surface area (Å²) in [6.07, 6.45) is 4.74. The van der Waals surface area contributed by atoms with Crippen molar-refractivity contribution in [3.05, 3.63) is 34.5 Å². The standard InChI is InChI=1S/C14H15ClN2.C2H6/c1-16-14-10-4-2-3-5-12(10)17-13-8-9(15)6-7-11(13)14;1-2/h6-8H,2-5H2,1H3,(H,16,17);1-2H3. The van der Waals surface area contributed by atoms with E-state index in [1.54, 1.807) is 0 Å². The van der Waals surface area contributed by atoms with Gasteiger partial charge in [-0.25, -0.2) is 0 Å². The fourth-order valence-electron chi connectivity index (χ4n) is 2.68. The molecule has 0 amide bonds. The molecule has 3 rings (SSSR count). The predicted octanol–water partition coefficient (Wildman–Crippen LogP) is 4.83. The van der Waals surface area contributed by atoms with Gasteiger partial charge in [-0.15, -0.1) is 0 Å². The minimum Gasteiger partial charge on any atom is -0.387 e. The van der Waals surface area contributed by atoms with Gasteiger partial charge in [-0.2, -0.15) is 0 Å². The summed E-state index contributed by atoms with van der Waals surface area (Å²) >= 11 is 6.04. The Bertz CT molecular complexity index is 578. The highest BCUT2D eigenvalue weighted by Gasteiger charge is 2.17. The summed E-state index contributed by atoms with van der Waals surface area (Å²) < 4.78 is 0. The smallest absolute Gasteiger partial charge is 0.0741 e. The molecular formula is C16H21ClN2. The number of halogens is 1. The molecule has 0 fully saturated rings. The number of nitrogens with zero attached hydrogens (tertiary/aromatic N) is 1. The van der Waals surface area contributed by atoms with E-state index in [1.165, 1.54) is 35.2 Å². The van der Waals surface area contributed by atoms with E-state index in [0.29, 0.717) is 0 Å². The summed E-state index contributed by atoms with van der Waals surface area (Å²) in [5, 5.41) is 5.27. The van der Waals surface area contributed by atoms with Crippen LogP contribution in [0.15, 0.2) is 18.2 Å². The highest BCUT2D eigenvalue weighted by molar-refractivity contribution is 6.31. The summed E-state index contributed by atoms with van der Waals surface area (Å²) in [5.74, 6) is 0. The molecule has 102 valence electrons. The van der Waals surface area contributed by atoms with E-state index in [1.807, 2.05) is 33.0 Å². The van der Waals surface area contributed by atoms with E-state index in [2.05, 4.69) is 11.4 Å². The molecule has 0 aliphatic heterocycles. The van der Waals surface area contributed by atoms with Crippen LogP contribution >= 0.6 is 11.6 Å². The van der Waals surface area contributed by atoms with Crippen LogP contribution in [-0.2, 0) is 12.8 Å². The Labute approximate surface area is 120 Å². The van der Waals surface area contributed by atoms with Crippen LogP contribution in [0, 0.1) is 0 Å². The first-order chi connectivity index (χ1) is 9.29. The minimum absolute atomic E-state index is 0.753. The lowest BCUT2D eigenvalue weighted by Crippen LogP contribution is -2.09. The molecule has 2 nitrogen and oxygen atoms in total. The molecule has 1 aliphatic carbocycles. The first-order valence-corrected chi connectivity index (χ1v) is 7.46. The van der Waals surface area contributed by atoms with Crippen molar-refractivity contribution in [3.8, 4) is 0 Å². The quantitative estimate of drug-likeness (QED) is 0.806. The highest BCUT2D eigenvalue weighted by atomic mass is 35.5. The third kappa shape index (κ3) is 2.69. The second-order valence-corrected chi connectivity index (χ2v) is 4.97. The highest BCUT2D eigenvalue weighted by Crippen LogP contribution is 2.33. The van der Waals surface area contributed by atoms with Crippen LogP contribution in [0.3, 0.4) is 0 Å². The van der Waals surface area contributed by atoms with E-state index in [9.17, 15) is 0 Å². The molecule has 0 spiro atoms. The monoisotopic (exact) mass is 276 g/mol. The summed E-state index contributed by atoms with van der Waals surface area (Å²) in [5.41, 5.74) is 4.88. The van der Waals surface area contributed by atoms with E-state index < -0.39 is 0 Å². The molecular weight excluding hydrogens is 256 g/mol. The van der Waals surface area contributed by atoms with Gasteiger partial charge in [-0.1, -0.05) is 25.4 Å². The molecule has 2 aromatic rings. The molecule has 0 unspecified atom stereocenters. The first-order valence-electron chi connectivity index (χ1n) is 7.08. The Morgan fingerprint density at radius 2 is 1.89 bits per heavy atom. The Morgan fingerprint density at radius 1 is 1.16 bits per heavy atom. The van der Waals surface area contributed by atoms with Crippen LogP contribution in [0.5, 0.6) is 0 Å². The maximum atomic E-state index is 6.04. The average Bonchev–Trinajstić information content (AvgIpc) is 2.46. The van der Waals surface area contributed by atoms with Gasteiger partial charge in [-0.05, 0) is 49.4 Å². The SMILES string of the molecule is CC.CNc1c2c(nc3cc(Cl)ccc13)CCCC2. The summed E-state index contributed by atoms with van der Waals surface area (Å²) in [6, 6.07) is 5.94. The topological polar surface area (TPSA) is 24.9 Å². The number of fused-ring (bicyclic) bond motifs is 2. The molecule has 1 N–H and O–H groups in total. The Hall–Kier alpha value is -1.28. The Balaban J connectivity index is 0.000000637. The number of benzene rings is 1. The molecule has 19 heavy (non-hydrogen) atoms. The summed E-state index contributed by atoms with van der Waals surface area (Å²) in [6.45, 7) is 4.00. The Kier molecular flexibility index (Phi) is 4.65. The number of aryl methyl sites for hydroxylation is 1. The van der Waals surface area contributed by atoms with Crippen LogP contribution < -0.4 is 5.32 Å². The van der Waals surface area contributed by atoms with E-state index in [-0.39, 0.29) is 0 Å². The second kappa shape index (κ2) is 6.25. The largest absolute Gasteiger partial charge is 0.387 e. The number of hydrogen-bond acceptors (Lipinski definition) is 2. The number of nitrogens with one attached hydrogen (secondary N) is 1. The number of pyridine rings is 1. The van der Waals surface area contributed by atoms with Gasteiger partial charge in [-0.3, -0.25) is 4.98 Å². The van der Waals surface area contributed by atoms with Crippen LogP contribution in [0.2, 0.25) is 5.02 Å². The molecule has 1 aromatic heterocycles. The van der Waals surface area contributed by atoms with Crippen molar-refractivity contribution in [2.45, 2.75) is 39.5 Å². The van der Waals surface area contributed by atoms with Crippen molar-refractivity contribution in [3.63, 3.8) is 0 Å². The zero-order valence-corrected chi connectivity index (χ0v) is 12.6. The predicted molar refractivity (Wildman–Crippen MR) is 84.3 cm³/mol. The van der Waals surface area contributed by atoms with Gasteiger partial charge in [0.15, 0.2) is 0 Å². The van der Waals surface area contributed by atoms with Gasteiger partial charge < -0.3 is 5.32 Å². The van der Waals surface area contributed by atoms with Crippen molar-refractivity contribution >= 4 is 28.2 Å². The number of hydrogen-bond donors (Lipinski definition) is 1. The molecule has 0 saturated heterocycles. The zero-order chi connectivity index (χ0) is 13.8. The molecule has 0 radical (unpaired) electrons.